The fraction of sp³-hybridized carbons (Fsp3) is 0.636. The van der Waals surface area contributed by atoms with Crippen molar-refractivity contribution in [1.82, 2.24) is 9.88 Å². The number of nitrogens with two attached hydrogens (primary N) is 1. The Bertz CT molecular complexity index is 387. The molecule has 1 aliphatic carbocycles. The average molecular weight is 238 g/mol. The van der Waals surface area contributed by atoms with Gasteiger partial charge in [0.1, 0.15) is 5.01 Å². The van der Waals surface area contributed by atoms with Crippen molar-refractivity contribution in [3.8, 4) is 0 Å². The maximum Gasteiger partial charge on any atom is 0.191 e. The summed E-state index contributed by atoms with van der Waals surface area (Å²) < 4.78 is 0. The second kappa shape index (κ2) is 4.41. The number of hydrogen-bond acceptors (Lipinski definition) is 3. The molecule has 2 N–H and O–H groups in total. The minimum absolute atomic E-state index is 0.599. The molecule has 0 aromatic carbocycles. The molecule has 4 nitrogen and oxygen atoms in total. The molecule has 1 fully saturated rings. The van der Waals surface area contributed by atoms with Gasteiger partial charge in [0, 0.05) is 18.0 Å². The first-order valence-corrected chi connectivity index (χ1v) is 6.35. The zero-order valence-corrected chi connectivity index (χ0v) is 10.8. The molecular formula is C11H18N4S. The molecule has 1 aromatic heterocycles. The van der Waals surface area contributed by atoms with E-state index in [-0.39, 0.29) is 0 Å². The molecule has 5 heteroatoms. The van der Waals surface area contributed by atoms with Crippen LogP contribution in [-0.2, 0) is 6.54 Å². The highest BCUT2D eigenvalue weighted by Crippen LogP contribution is 2.25. The number of aliphatic imine (C=N–C) groups is 1. The largest absolute Gasteiger partial charge is 0.370 e. The number of guanidine groups is 1. The van der Waals surface area contributed by atoms with Crippen LogP contribution in [-0.4, -0.2) is 28.9 Å². The average Bonchev–Trinajstić information content (AvgIpc) is 3.03. The van der Waals surface area contributed by atoms with Crippen LogP contribution < -0.4 is 5.73 Å². The second-order valence-corrected chi connectivity index (χ2v) is 5.55. The molecule has 16 heavy (non-hydrogen) atoms. The Balaban J connectivity index is 1.96. The van der Waals surface area contributed by atoms with Gasteiger partial charge >= 0.3 is 0 Å². The Kier molecular flexibility index (Phi) is 3.14. The maximum atomic E-state index is 5.90. The molecule has 1 saturated carbocycles. The molecule has 1 aromatic rings. The monoisotopic (exact) mass is 238 g/mol. The van der Waals surface area contributed by atoms with E-state index in [1.54, 1.807) is 11.3 Å². The van der Waals surface area contributed by atoms with E-state index in [0.29, 0.717) is 18.5 Å². The van der Waals surface area contributed by atoms with Crippen molar-refractivity contribution in [1.29, 1.82) is 0 Å². The number of aromatic nitrogens is 1. The second-order valence-electron chi connectivity index (χ2n) is 4.27. The van der Waals surface area contributed by atoms with Crippen LogP contribution in [0.25, 0.3) is 0 Å². The van der Waals surface area contributed by atoms with E-state index in [1.807, 2.05) is 14.0 Å². The summed E-state index contributed by atoms with van der Waals surface area (Å²) >= 11 is 1.70. The first-order chi connectivity index (χ1) is 7.58. The zero-order valence-electron chi connectivity index (χ0n) is 10.0. The van der Waals surface area contributed by atoms with Gasteiger partial charge in [-0.3, -0.25) is 0 Å². The molecule has 2 rings (SSSR count). The zero-order chi connectivity index (χ0) is 11.7. The third-order valence-corrected chi connectivity index (χ3v) is 3.96. The lowest BCUT2D eigenvalue weighted by atomic mass is 10.4. The van der Waals surface area contributed by atoms with Gasteiger partial charge in [-0.2, -0.15) is 0 Å². The third kappa shape index (κ3) is 2.52. The fourth-order valence-electron chi connectivity index (χ4n) is 1.52. The molecule has 0 unspecified atom stereocenters. The predicted molar refractivity (Wildman–Crippen MR) is 67.7 cm³/mol. The van der Waals surface area contributed by atoms with Crippen LogP contribution in [0, 0.1) is 13.8 Å². The molecule has 0 atom stereocenters. The molecular weight excluding hydrogens is 220 g/mol. The molecule has 0 bridgehead atoms. The minimum Gasteiger partial charge on any atom is -0.370 e. The lowest BCUT2D eigenvalue weighted by molar-refractivity contribution is 0.487. The number of aryl methyl sites for hydroxylation is 2. The Labute approximate surface area is 100 Å². The van der Waals surface area contributed by atoms with Gasteiger partial charge in [0.15, 0.2) is 5.96 Å². The number of hydrogen-bond donors (Lipinski definition) is 1. The van der Waals surface area contributed by atoms with Gasteiger partial charge in [-0.25, -0.2) is 9.98 Å². The Hall–Kier alpha value is -1.10. The van der Waals surface area contributed by atoms with Crippen LogP contribution in [0.5, 0.6) is 0 Å². The van der Waals surface area contributed by atoms with Gasteiger partial charge in [-0.1, -0.05) is 0 Å². The topological polar surface area (TPSA) is 54.5 Å². The Morgan fingerprint density at radius 3 is 2.75 bits per heavy atom. The van der Waals surface area contributed by atoms with Gasteiger partial charge in [-0.05, 0) is 26.7 Å². The van der Waals surface area contributed by atoms with Crippen LogP contribution in [0.1, 0.15) is 28.4 Å². The molecule has 88 valence electrons. The fourth-order valence-corrected chi connectivity index (χ4v) is 2.37. The highest BCUT2D eigenvalue weighted by atomic mass is 32.1. The van der Waals surface area contributed by atoms with Crippen LogP contribution in [0.2, 0.25) is 0 Å². The van der Waals surface area contributed by atoms with Crippen molar-refractivity contribution in [2.24, 2.45) is 10.7 Å². The summed E-state index contributed by atoms with van der Waals surface area (Å²) in [5.74, 6) is 0.632. The van der Waals surface area contributed by atoms with Gasteiger partial charge in [-0.15, -0.1) is 11.3 Å². The normalized spacial score (nSPS) is 16.6. The summed E-state index contributed by atoms with van der Waals surface area (Å²) in [5.41, 5.74) is 7.00. The van der Waals surface area contributed by atoms with Crippen molar-refractivity contribution in [3.63, 3.8) is 0 Å². The highest BCUT2D eigenvalue weighted by molar-refractivity contribution is 7.11. The van der Waals surface area contributed by atoms with E-state index in [0.717, 1.165) is 10.7 Å². The molecule has 0 aliphatic heterocycles. The quantitative estimate of drug-likeness (QED) is 0.644. The van der Waals surface area contributed by atoms with Crippen LogP contribution in [0.15, 0.2) is 4.99 Å². The van der Waals surface area contributed by atoms with Crippen molar-refractivity contribution in [2.45, 2.75) is 39.3 Å². The van der Waals surface area contributed by atoms with E-state index in [4.69, 9.17) is 5.73 Å². The highest BCUT2D eigenvalue weighted by Gasteiger charge is 2.27. The minimum atomic E-state index is 0.599. The maximum absolute atomic E-state index is 5.90. The Morgan fingerprint density at radius 2 is 2.25 bits per heavy atom. The molecule has 0 saturated heterocycles. The lowest BCUT2D eigenvalue weighted by Crippen LogP contribution is -2.35. The summed E-state index contributed by atoms with van der Waals surface area (Å²) in [6, 6.07) is 0.614. The van der Waals surface area contributed by atoms with Crippen LogP contribution in [0.4, 0.5) is 0 Å². The summed E-state index contributed by atoms with van der Waals surface area (Å²) in [7, 11) is 2.01. The standard InChI is InChI=1S/C11H18N4S/c1-7-8(2)16-10(14-7)6-13-11(12)15(3)9-4-5-9/h9H,4-6H2,1-3H3,(H2,12,13). The van der Waals surface area contributed by atoms with Gasteiger partial charge < -0.3 is 10.6 Å². The number of thiazole rings is 1. The first-order valence-electron chi connectivity index (χ1n) is 5.53. The smallest absolute Gasteiger partial charge is 0.191 e. The first kappa shape index (κ1) is 11.4. The summed E-state index contributed by atoms with van der Waals surface area (Å²) in [6.07, 6.45) is 2.48. The number of nitrogens with zero attached hydrogens (tertiary/aromatic N) is 3. The van der Waals surface area contributed by atoms with E-state index in [1.165, 1.54) is 17.7 Å². The van der Waals surface area contributed by atoms with Crippen LogP contribution in [0.3, 0.4) is 0 Å². The molecule has 0 amide bonds. The lowest BCUT2D eigenvalue weighted by Gasteiger charge is -2.16. The molecule has 0 radical (unpaired) electrons. The third-order valence-electron chi connectivity index (χ3n) is 2.91. The van der Waals surface area contributed by atoms with E-state index in [9.17, 15) is 0 Å². The van der Waals surface area contributed by atoms with E-state index >= 15 is 0 Å². The SMILES string of the molecule is Cc1nc(CN=C(N)N(C)C2CC2)sc1C. The van der Waals surface area contributed by atoms with Gasteiger partial charge in [0.05, 0.1) is 12.2 Å². The van der Waals surface area contributed by atoms with Crippen molar-refractivity contribution in [2.75, 3.05) is 7.05 Å². The summed E-state index contributed by atoms with van der Waals surface area (Å²) in [5, 5.41) is 1.04. The molecule has 1 heterocycles. The van der Waals surface area contributed by atoms with Crippen molar-refractivity contribution >= 4 is 17.3 Å². The van der Waals surface area contributed by atoms with Crippen molar-refractivity contribution < 1.29 is 0 Å². The number of rotatable bonds is 3. The van der Waals surface area contributed by atoms with Gasteiger partial charge in [0.25, 0.3) is 0 Å². The summed E-state index contributed by atoms with van der Waals surface area (Å²) in [6.45, 7) is 4.71. The van der Waals surface area contributed by atoms with E-state index < -0.39 is 0 Å². The molecule has 1 aliphatic rings. The summed E-state index contributed by atoms with van der Waals surface area (Å²) in [4.78, 5) is 12.1. The predicted octanol–water partition coefficient (Wildman–Crippen LogP) is 1.67. The van der Waals surface area contributed by atoms with Crippen molar-refractivity contribution in [3.05, 3.63) is 15.6 Å². The van der Waals surface area contributed by atoms with E-state index in [2.05, 4.69) is 21.8 Å². The van der Waals surface area contributed by atoms with Crippen LogP contribution >= 0.6 is 11.3 Å². The Morgan fingerprint density at radius 1 is 1.56 bits per heavy atom. The molecule has 0 spiro atoms. The van der Waals surface area contributed by atoms with Gasteiger partial charge in [0.2, 0.25) is 0 Å².